The van der Waals surface area contributed by atoms with Crippen LogP contribution in [0.4, 0.5) is 21.7 Å². The van der Waals surface area contributed by atoms with Gasteiger partial charge in [0.05, 0.1) is 14.9 Å². The Labute approximate surface area is 695 Å². The van der Waals surface area contributed by atoms with Gasteiger partial charge in [0.25, 0.3) is 23.6 Å². The second-order valence-electron chi connectivity index (χ2n) is 31.4. The molecule has 9 heterocycles. The van der Waals surface area contributed by atoms with E-state index in [0.29, 0.717) is 106 Å². The van der Waals surface area contributed by atoms with E-state index in [-0.39, 0.29) is 68.2 Å². The van der Waals surface area contributed by atoms with E-state index in [2.05, 4.69) is 171 Å². The standard InChI is InChI=1S/C40H42BF2N5O2.C23H29N3O.C20H17BF2N4O4.C8H19N.CH3F/c1-46(2)25-7-11-36-35-10-4-3-8-28(35)13-14-29-15-16-30(26-37(29)36)40(50)45-24-5-9-34(49)21-19-31-17-18-32-27-33-20-22-39(38-12-6-23-44-38)48(33)41(42,43)47(31)32;1-26(2)15-5-8-21-20-7-4-3-6-17(20)9-10-18-11-12-19(16-22(18)21)23(27)25-14-13-24;22-21(23)25-13(6-10-20(30)31-27-18(28)8-9-19(27)29)3-4-14(25)12-15-5-7-17(26(15)21)16-2-1-11-24-16;1-6-9(7(2)3)8(4)5;1-2/h3-4,6,8,10-12,15-18,20,22-23,26-27,44H,5,7,9,13-14,19,21,24-25H2,1-2H3,(H,45,50);3-4,6-8,11-12,16H,5,9-10,13-15,24H2,1-2H3,(H,25,27);1-5,7,11-12,24H,6,8-10H2;7-8H,6H2,1-5H3;1H3/b36-11-;21-8-;;;/i;;;;1D. The molecule has 119 heavy (non-hydrogen) atoms. The first kappa shape index (κ1) is 86.9. The molecule has 0 atom stereocenters. The molecule has 6 N–H and O–H groups in total. The van der Waals surface area contributed by atoms with Crippen LogP contribution in [0.25, 0.3) is 23.3 Å². The Bertz CT molecular complexity index is 5280. The van der Waals surface area contributed by atoms with Gasteiger partial charge in [-0.25, -0.2) is 4.79 Å². The van der Waals surface area contributed by atoms with E-state index in [1.165, 1.54) is 50.1 Å². The van der Waals surface area contributed by atoms with Gasteiger partial charge in [0.1, 0.15) is 17.2 Å². The van der Waals surface area contributed by atoms with Crippen LogP contribution in [0.2, 0.25) is 0 Å². The Balaban J connectivity index is 0.000000173. The second-order valence-corrected chi connectivity index (χ2v) is 31.4. The molecule has 0 bridgehead atoms. The van der Waals surface area contributed by atoms with Crippen molar-refractivity contribution in [1.82, 2.24) is 49.3 Å². The largest absolute Gasteiger partial charge is 0.737 e. The van der Waals surface area contributed by atoms with Crippen molar-refractivity contribution in [3.05, 3.63) is 284 Å². The SMILES string of the molecule is CCN(C(C)C)C(C)C.CN(C)CC/C=C1/c2ccccc2CCc2ccc(C(=O)NCCCC(=O)CCc3ccc4n3[B-](F)(F)[N+]3=C(c5ccc[nH]5)C=CC3=C4)cc21.CN(C)CC/C=C1/c2ccccc2CCc2ccc(C(=O)NCCN)cc21.O=C(CCc1ccc2n1[B-](F)(F)[N+]1=C(c3ccc[nH]3)C=CC1=C2)ON1C(=O)CCC1=O.[2H]CF. The molecule has 4 amide bonds. The topological polar surface area (TPSA) is 222 Å². The number of nitrogens with zero attached hydrogens (tertiary/aromatic N) is 8. The fourth-order valence-corrected chi connectivity index (χ4v) is 16.4. The molecule has 27 heteroatoms. The summed E-state index contributed by atoms with van der Waals surface area (Å²) in [6.45, 7) is 7.18. The number of benzene rings is 4. The number of allylic oxidation sites excluding steroid dienone is 4. The summed E-state index contributed by atoms with van der Waals surface area (Å²) in [7, 11) is 7.32. The van der Waals surface area contributed by atoms with Gasteiger partial charge >= 0.3 is 19.9 Å². The van der Waals surface area contributed by atoms with Gasteiger partial charge in [-0.2, -0.15) is 0 Å². The van der Waals surface area contributed by atoms with Gasteiger partial charge < -0.3 is 76.2 Å². The molecule has 4 aromatic carbocycles. The number of fused-ring (bicyclic) bond motifs is 8. The van der Waals surface area contributed by atoms with Gasteiger partial charge in [-0.05, 0) is 260 Å². The number of alkyl halides is 1. The zero-order chi connectivity index (χ0) is 86.0. The minimum atomic E-state index is -4.21. The van der Waals surface area contributed by atoms with E-state index in [0.717, 1.165) is 81.7 Å². The second kappa shape index (κ2) is 40.4. The van der Waals surface area contributed by atoms with Gasteiger partial charge in [0.2, 0.25) is 0 Å². The molecule has 7 aliphatic rings. The van der Waals surface area contributed by atoms with Crippen molar-refractivity contribution in [3.63, 3.8) is 0 Å². The third kappa shape index (κ3) is 20.8. The summed E-state index contributed by atoms with van der Waals surface area (Å²) in [5.74, 6) is -2.25. The number of nitrogens with two attached hydrogens (primary N) is 1. The number of ketones is 1. The first-order valence-corrected chi connectivity index (χ1v) is 41.1. The fraction of sp³-hybridized carbons (Fsp3) is 0.348. The monoisotopic (exact) mass is 1630 g/mol. The van der Waals surface area contributed by atoms with Crippen LogP contribution >= 0.6 is 0 Å². The predicted molar refractivity (Wildman–Crippen MR) is 463 cm³/mol. The molecule has 1 saturated heterocycles. The molecule has 4 aromatic heterocycles. The molecule has 8 aromatic rings. The number of hydrogen-bond donors (Lipinski definition) is 5. The molecular weight excluding hydrogens is 1520 g/mol. The number of aryl methyl sites for hydroxylation is 6. The summed E-state index contributed by atoms with van der Waals surface area (Å²) in [6.07, 6.45) is 24.7. The number of nitrogens with one attached hydrogen (secondary N) is 4. The first-order chi connectivity index (χ1) is 57.7. The number of aromatic nitrogens is 4. The summed E-state index contributed by atoms with van der Waals surface area (Å²) in [5.41, 5.74) is 23.5. The molecule has 5 aliphatic heterocycles. The van der Waals surface area contributed by atoms with Crippen molar-refractivity contribution in [3.8, 4) is 0 Å². The highest BCUT2D eigenvalue weighted by Crippen LogP contribution is 2.39. The smallest absolute Gasteiger partial charge is 0.394 e. The number of H-pyrrole nitrogens is 2. The van der Waals surface area contributed by atoms with Gasteiger partial charge in [-0.15, -0.1) is 5.06 Å². The molecular formula is C92H110B2F5N13O7. The number of imide groups is 1. The Kier molecular flexibility index (Phi) is 29.5. The lowest BCUT2D eigenvalue weighted by atomic mass is 9.90. The Hall–Kier alpha value is -11.4. The zero-order valence-electron chi connectivity index (χ0n) is 70.5. The number of carbonyl (C=O) groups is 6. The van der Waals surface area contributed by atoms with Gasteiger partial charge in [0.15, 0.2) is 22.8 Å². The predicted octanol–water partition coefficient (Wildman–Crippen LogP) is 14.2. The van der Waals surface area contributed by atoms with Crippen molar-refractivity contribution in [2.45, 2.75) is 137 Å². The van der Waals surface area contributed by atoms with Crippen LogP contribution in [0, 0.1) is 0 Å². The molecule has 1 fully saturated rings. The van der Waals surface area contributed by atoms with Crippen LogP contribution in [0.1, 0.15) is 187 Å². The van der Waals surface area contributed by atoms with E-state index in [9.17, 15) is 33.2 Å². The Morgan fingerprint density at radius 3 is 1.42 bits per heavy atom. The van der Waals surface area contributed by atoms with Crippen LogP contribution in [-0.2, 0) is 62.5 Å². The minimum Gasteiger partial charge on any atom is -0.394 e. The highest BCUT2D eigenvalue weighted by molar-refractivity contribution is 6.59. The van der Waals surface area contributed by atoms with Crippen molar-refractivity contribution >= 4 is 84.0 Å². The summed E-state index contributed by atoms with van der Waals surface area (Å²) < 4.78 is 83.1. The highest BCUT2D eigenvalue weighted by Gasteiger charge is 2.54. The number of carbonyl (C=O) groups excluding carboxylic acids is 6. The average Bonchev–Trinajstić information content (AvgIpc) is 1.57. The molecule has 15 rings (SSSR count). The molecule has 0 saturated carbocycles. The number of aromatic amines is 2. The fourth-order valence-electron chi connectivity index (χ4n) is 16.4. The average molecular weight is 1630 g/mol. The van der Waals surface area contributed by atoms with Crippen molar-refractivity contribution in [1.29, 1.82) is 0 Å². The third-order valence-corrected chi connectivity index (χ3v) is 22.1. The summed E-state index contributed by atoms with van der Waals surface area (Å²) in [4.78, 5) is 91.4. The third-order valence-electron chi connectivity index (χ3n) is 22.1. The number of halogens is 5. The molecule has 0 radical (unpaired) electrons. The summed E-state index contributed by atoms with van der Waals surface area (Å²) >= 11 is 0. The van der Waals surface area contributed by atoms with Crippen LogP contribution in [-0.4, -0.2) is 195 Å². The maximum Gasteiger partial charge on any atom is 0.737 e. The van der Waals surface area contributed by atoms with Crippen molar-refractivity contribution in [2.75, 3.05) is 74.6 Å². The van der Waals surface area contributed by atoms with Gasteiger partial charge in [-0.3, -0.25) is 33.3 Å². The number of hydroxylamine groups is 2. The molecule has 0 spiro atoms. The summed E-state index contributed by atoms with van der Waals surface area (Å²) in [6, 6.07) is 44.1. The number of hydrogen-bond acceptors (Lipinski definition) is 11. The maximum absolute atomic E-state index is 16.1. The molecule has 626 valence electrons. The quantitative estimate of drug-likeness (QED) is 0.0148. The van der Waals surface area contributed by atoms with Crippen LogP contribution in [0.3, 0.4) is 0 Å². The first-order valence-electron chi connectivity index (χ1n) is 41.8. The van der Waals surface area contributed by atoms with E-state index in [1.54, 1.807) is 97.4 Å². The van der Waals surface area contributed by atoms with Gasteiger partial charge in [0, 0.05) is 142 Å². The lowest BCUT2D eigenvalue weighted by molar-refractivity contribution is -0.361. The van der Waals surface area contributed by atoms with Gasteiger partial charge in [-0.1, -0.05) is 79.7 Å². The molecule has 2 aliphatic carbocycles. The highest BCUT2D eigenvalue weighted by atomic mass is 19.3. The minimum absolute atomic E-state index is 0.00868. The number of amides is 4. The van der Waals surface area contributed by atoms with E-state index < -0.39 is 38.9 Å². The van der Waals surface area contributed by atoms with E-state index >= 15 is 17.3 Å². The molecule has 20 nitrogen and oxygen atoms in total. The zero-order valence-corrected chi connectivity index (χ0v) is 69.5. The molecule has 0 unspecified atom stereocenters. The summed E-state index contributed by atoms with van der Waals surface area (Å²) in [5, 5.41) is 6.31. The van der Waals surface area contributed by atoms with Crippen LogP contribution < -0.4 is 16.4 Å². The lowest BCUT2D eigenvalue weighted by Gasteiger charge is -2.30. The maximum atomic E-state index is 16.1. The van der Waals surface area contributed by atoms with E-state index in [4.69, 9.17) is 11.9 Å². The number of Topliss-reactive ketones (excluding diaryl/α,β-unsaturated/α-hetero) is 1. The normalized spacial score (nSPS) is 16.3. The van der Waals surface area contributed by atoms with E-state index in [1.807, 2.05) is 24.3 Å². The van der Waals surface area contributed by atoms with Crippen molar-refractivity contribution in [2.24, 2.45) is 5.73 Å². The Morgan fingerprint density at radius 2 is 1.01 bits per heavy atom. The Morgan fingerprint density at radius 1 is 0.571 bits per heavy atom. The lowest BCUT2D eigenvalue weighted by Crippen LogP contribution is -2.51. The number of rotatable bonds is 26. The van der Waals surface area contributed by atoms with Crippen LogP contribution in [0.5, 0.6) is 0 Å². The van der Waals surface area contributed by atoms with Crippen LogP contribution in [0.15, 0.2) is 194 Å². The van der Waals surface area contributed by atoms with Crippen molar-refractivity contribution < 1.29 is 65.6 Å².